The number of rotatable bonds is 6. The van der Waals surface area contributed by atoms with E-state index in [9.17, 15) is 28.4 Å². The SMILES string of the molecule is C=C(C)c1ccc2c(c1)[C@@]1(C[C@@H](C#N)N(C(=O)[C@H](CC(C)C)N(C)C(=O)c3cc4c(F)cc(F)cc4[nH]3)C1)C(=O)N2. The smallest absolute Gasteiger partial charge is 0.270 e. The first-order valence-corrected chi connectivity index (χ1v) is 13.4. The maximum Gasteiger partial charge on any atom is 0.270 e. The molecule has 212 valence electrons. The van der Waals surface area contributed by atoms with E-state index in [2.05, 4.69) is 22.9 Å². The number of nitriles is 1. The molecule has 10 heteroatoms. The number of aromatic amines is 1. The number of carbonyl (C=O) groups is 3. The molecule has 0 radical (unpaired) electrons. The van der Waals surface area contributed by atoms with Gasteiger partial charge >= 0.3 is 0 Å². The highest BCUT2D eigenvalue weighted by molar-refractivity contribution is 6.08. The third-order valence-corrected chi connectivity index (χ3v) is 8.15. The number of hydrogen-bond acceptors (Lipinski definition) is 4. The van der Waals surface area contributed by atoms with E-state index >= 15 is 0 Å². The molecule has 0 saturated carbocycles. The Morgan fingerprint density at radius 1 is 1.24 bits per heavy atom. The Morgan fingerprint density at radius 3 is 2.63 bits per heavy atom. The lowest BCUT2D eigenvalue weighted by Gasteiger charge is -2.33. The highest BCUT2D eigenvalue weighted by Gasteiger charge is 2.57. The van der Waals surface area contributed by atoms with Crippen LogP contribution in [0, 0.1) is 28.9 Å². The zero-order valence-corrected chi connectivity index (χ0v) is 23.3. The van der Waals surface area contributed by atoms with Crippen LogP contribution in [-0.4, -0.2) is 58.2 Å². The molecule has 1 aromatic heterocycles. The van der Waals surface area contributed by atoms with Crippen LogP contribution < -0.4 is 5.32 Å². The van der Waals surface area contributed by atoms with Gasteiger partial charge in [-0.1, -0.05) is 32.1 Å². The van der Waals surface area contributed by atoms with Crippen molar-refractivity contribution in [2.45, 2.75) is 51.1 Å². The van der Waals surface area contributed by atoms with Gasteiger partial charge in [0.25, 0.3) is 5.91 Å². The minimum absolute atomic E-state index is 0.000274. The number of amides is 3. The predicted molar refractivity (Wildman–Crippen MR) is 151 cm³/mol. The van der Waals surface area contributed by atoms with Crippen molar-refractivity contribution in [1.82, 2.24) is 14.8 Å². The lowest BCUT2D eigenvalue weighted by Crippen LogP contribution is -2.52. The molecule has 2 aromatic carbocycles. The second-order valence-corrected chi connectivity index (χ2v) is 11.5. The Kier molecular flexibility index (Phi) is 6.93. The molecule has 5 rings (SSSR count). The van der Waals surface area contributed by atoms with Crippen molar-refractivity contribution in [3.05, 3.63) is 71.4 Å². The lowest BCUT2D eigenvalue weighted by atomic mass is 9.79. The quantitative estimate of drug-likeness (QED) is 0.444. The number of anilines is 1. The second-order valence-electron chi connectivity index (χ2n) is 11.5. The van der Waals surface area contributed by atoms with Gasteiger partial charge in [-0.15, -0.1) is 0 Å². The van der Waals surface area contributed by atoms with Crippen LogP contribution in [0.15, 0.2) is 43.0 Å². The van der Waals surface area contributed by atoms with Gasteiger partial charge in [-0.3, -0.25) is 14.4 Å². The molecule has 3 aromatic rings. The highest BCUT2D eigenvalue weighted by atomic mass is 19.1. The summed E-state index contributed by atoms with van der Waals surface area (Å²) in [4.78, 5) is 46.5. The Labute approximate surface area is 236 Å². The summed E-state index contributed by atoms with van der Waals surface area (Å²) in [6.45, 7) is 9.66. The average Bonchev–Trinajstić information content (AvgIpc) is 3.60. The van der Waals surface area contributed by atoms with Crippen LogP contribution in [0.2, 0.25) is 0 Å². The van der Waals surface area contributed by atoms with E-state index in [1.54, 1.807) is 6.07 Å². The maximum atomic E-state index is 14.3. The van der Waals surface area contributed by atoms with E-state index < -0.39 is 40.9 Å². The van der Waals surface area contributed by atoms with E-state index in [-0.39, 0.29) is 47.8 Å². The largest absolute Gasteiger partial charge is 0.350 e. The summed E-state index contributed by atoms with van der Waals surface area (Å²) in [5.41, 5.74) is 2.05. The van der Waals surface area contributed by atoms with Crippen LogP contribution in [0.1, 0.15) is 55.2 Å². The van der Waals surface area contributed by atoms with Crippen LogP contribution in [0.25, 0.3) is 16.5 Å². The van der Waals surface area contributed by atoms with Gasteiger partial charge in [0, 0.05) is 37.2 Å². The fourth-order valence-corrected chi connectivity index (χ4v) is 5.96. The molecule has 2 aliphatic rings. The molecule has 2 N–H and O–H groups in total. The molecule has 1 fully saturated rings. The van der Waals surface area contributed by atoms with Crippen LogP contribution in [0.5, 0.6) is 0 Å². The summed E-state index contributed by atoms with van der Waals surface area (Å²) in [6.07, 6.45) is 0.404. The number of likely N-dealkylation sites (N-methyl/N-ethyl adjacent to an activating group) is 1. The average molecular weight is 560 g/mol. The number of nitrogens with zero attached hydrogens (tertiary/aromatic N) is 3. The molecule has 3 atom stereocenters. The lowest BCUT2D eigenvalue weighted by molar-refractivity contribution is -0.136. The van der Waals surface area contributed by atoms with Crippen molar-refractivity contribution < 1.29 is 23.2 Å². The van der Waals surface area contributed by atoms with Gasteiger partial charge in [0.05, 0.1) is 17.0 Å². The number of likely N-dealkylation sites (tertiary alicyclic amines) is 1. The van der Waals surface area contributed by atoms with Crippen molar-refractivity contribution in [3.8, 4) is 6.07 Å². The number of aromatic nitrogens is 1. The summed E-state index contributed by atoms with van der Waals surface area (Å²) in [5, 5.41) is 13.0. The zero-order valence-electron chi connectivity index (χ0n) is 23.3. The number of fused-ring (bicyclic) bond motifs is 3. The fourth-order valence-electron chi connectivity index (χ4n) is 5.96. The van der Waals surface area contributed by atoms with Crippen molar-refractivity contribution in [3.63, 3.8) is 0 Å². The first kappa shape index (κ1) is 28.0. The van der Waals surface area contributed by atoms with Gasteiger partial charge in [-0.2, -0.15) is 5.26 Å². The van der Waals surface area contributed by atoms with Gasteiger partial charge in [-0.25, -0.2) is 8.78 Å². The number of hydrogen-bond donors (Lipinski definition) is 2. The van der Waals surface area contributed by atoms with Crippen molar-refractivity contribution in [2.24, 2.45) is 5.92 Å². The molecular formula is C31H31F2N5O3. The first-order chi connectivity index (χ1) is 19.4. The monoisotopic (exact) mass is 559 g/mol. The van der Waals surface area contributed by atoms with Crippen molar-refractivity contribution in [1.29, 1.82) is 5.26 Å². The number of halogens is 2. The molecule has 1 saturated heterocycles. The molecule has 3 heterocycles. The standard InChI is InChI=1S/C31H31F2N5O3/c1-16(2)8-27(37(5)28(39)26-12-21-23(33)10-19(32)11-25(21)35-26)29(40)38-15-31(13-20(38)14-34)22-9-18(17(3)4)6-7-24(22)36-30(31)41/h6-7,9-12,16,20,27,35H,3,8,13,15H2,1-2,4-5H3,(H,36,41)/t20-,27-,31-/m0/s1. The fraction of sp³-hybridized carbons (Fsp3) is 0.355. The third-order valence-electron chi connectivity index (χ3n) is 8.15. The number of benzene rings is 2. The molecule has 41 heavy (non-hydrogen) atoms. The number of H-pyrrole nitrogens is 1. The summed E-state index contributed by atoms with van der Waals surface area (Å²) < 4.78 is 28.0. The van der Waals surface area contributed by atoms with Gasteiger partial charge in [0.1, 0.15) is 29.4 Å². The van der Waals surface area contributed by atoms with E-state index in [0.717, 1.165) is 28.8 Å². The van der Waals surface area contributed by atoms with Crippen LogP contribution >= 0.6 is 0 Å². The summed E-state index contributed by atoms with van der Waals surface area (Å²) >= 11 is 0. The van der Waals surface area contributed by atoms with E-state index in [0.29, 0.717) is 5.69 Å². The molecule has 0 bridgehead atoms. The Hall–Kier alpha value is -4.52. The number of nitrogens with one attached hydrogen (secondary N) is 2. The molecule has 8 nitrogen and oxygen atoms in total. The van der Waals surface area contributed by atoms with Crippen molar-refractivity contribution >= 4 is 39.9 Å². The minimum atomic E-state index is -1.11. The van der Waals surface area contributed by atoms with Gasteiger partial charge in [-0.05, 0) is 54.7 Å². The van der Waals surface area contributed by atoms with Crippen LogP contribution in [0.4, 0.5) is 14.5 Å². The molecule has 3 amide bonds. The predicted octanol–water partition coefficient (Wildman–Crippen LogP) is 4.98. The Morgan fingerprint density at radius 2 is 1.98 bits per heavy atom. The summed E-state index contributed by atoms with van der Waals surface area (Å²) in [6, 6.07) is 9.02. The molecule has 1 spiro atoms. The second kappa shape index (κ2) is 10.1. The molecular weight excluding hydrogens is 528 g/mol. The number of allylic oxidation sites excluding steroid dienone is 1. The Balaban J connectivity index is 1.48. The van der Waals surface area contributed by atoms with Gasteiger partial charge in [0.15, 0.2) is 0 Å². The van der Waals surface area contributed by atoms with E-state index in [4.69, 9.17) is 0 Å². The van der Waals surface area contributed by atoms with Gasteiger partial charge < -0.3 is 20.1 Å². The Bertz CT molecular complexity index is 1660. The summed E-state index contributed by atoms with van der Waals surface area (Å²) in [7, 11) is 1.47. The molecule has 0 aliphatic carbocycles. The topological polar surface area (TPSA) is 109 Å². The summed E-state index contributed by atoms with van der Waals surface area (Å²) in [5.74, 6) is -2.91. The minimum Gasteiger partial charge on any atom is -0.350 e. The molecule has 0 unspecified atom stereocenters. The third kappa shape index (κ3) is 4.65. The van der Waals surface area contributed by atoms with E-state index in [1.165, 1.54) is 22.9 Å². The van der Waals surface area contributed by atoms with Crippen LogP contribution in [-0.2, 0) is 15.0 Å². The van der Waals surface area contributed by atoms with Crippen LogP contribution in [0.3, 0.4) is 0 Å². The normalized spacial score (nSPS) is 20.3. The van der Waals surface area contributed by atoms with E-state index in [1.807, 2.05) is 32.9 Å². The highest BCUT2D eigenvalue weighted by Crippen LogP contribution is 2.47. The zero-order chi connectivity index (χ0) is 29.8. The maximum absolute atomic E-state index is 14.3. The number of carbonyl (C=O) groups excluding carboxylic acids is 3. The van der Waals surface area contributed by atoms with Crippen molar-refractivity contribution in [2.75, 3.05) is 18.9 Å². The van der Waals surface area contributed by atoms with Gasteiger partial charge in [0.2, 0.25) is 11.8 Å². The molecule has 2 aliphatic heterocycles. The first-order valence-electron chi connectivity index (χ1n) is 13.4.